The third-order valence-corrected chi connectivity index (χ3v) is 15.0. The molecule has 13 rings (SSSR count). The highest BCUT2D eigenvalue weighted by Gasteiger charge is 2.34. The number of hydrogen-bond donors (Lipinski definition) is 3. The minimum absolute atomic E-state index is 0.581. The van der Waals surface area contributed by atoms with Crippen molar-refractivity contribution >= 4 is 0 Å². The van der Waals surface area contributed by atoms with Crippen LogP contribution in [0.25, 0.3) is 0 Å². The molecule has 70 heavy (non-hydrogen) atoms. The van der Waals surface area contributed by atoms with Crippen LogP contribution in [-0.2, 0) is 35.7 Å². The van der Waals surface area contributed by atoms with E-state index in [0.29, 0.717) is 12.1 Å². The Bertz CT molecular complexity index is 1480. The van der Waals surface area contributed by atoms with Crippen LogP contribution in [0.15, 0.2) is 24.9 Å². The second-order valence-electron chi connectivity index (χ2n) is 21.8. The van der Waals surface area contributed by atoms with E-state index in [4.69, 9.17) is 9.47 Å². The number of morpholine rings is 2. The van der Waals surface area contributed by atoms with Gasteiger partial charge in [-0.25, -0.2) is 9.97 Å². The van der Waals surface area contributed by atoms with Crippen molar-refractivity contribution in [2.24, 2.45) is 0 Å². The quantitative estimate of drug-likeness (QED) is 0.351. The highest BCUT2D eigenvalue weighted by atomic mass is 16.5. The van der Waals surface area contributed by atoms with Crippen molar-refractivity contribution in [1.82, 2.24) is 79.2 Å². The van der Waals surface area contributed by atoms with Gasteiger partial charge in [0.2, 0.25) is 0 Å². The summed E-state index contributed by atoms with van der Waals surface area (Å²) in [5.41, 5.74) is 1.33. The van der Waals surface area contributed by atoms with Crippen molar-refractivity contribution in [3.63, 3.8) is 0 Å². The lowest BCUT2D eigenvalue weighted by molar-refractivity contribution is 0.000319. The maximum Gasteiger partial charge on any atom is 0.122 e. The predicted molar refractivity (Wildman–Crippen MR) is 288 cm³/mol. The number of hydrogen-bond acceptors (Lipinski definition) is 16. The fourth-order valence-electron chi connectivity index (χ4n) is 10.0. The third kappa shape index (κ3) is 23.8. The Kier molecular flexibility index (Phi) is 28.2. The number of ether oxygens (including phenoxy) is 2. The number of piperidine rings is 1. The number of rotatable bonds is 0. The van der Waals surface area contributed by atoms with Crippen LogP contribution in [0.4, 0.5) is 0 Å². The van der Waals surface area contributed by atoms with Crippen LogP contribution in [0.1, 0.15) is 56.5 Å². The molecule has 4 bridgehead atoms. The Morgan fingerprint density at radius 2 is 1.07 bits per heavy atom. The molecule has 0 amide bonds. The van der Waals surface area contributed by atoms with Crippen LogP contribution in [0.2, 0.25) is 0 Å². The van der Waals surface area contributed by atoms with Crippen molar-refractivity contribution < 1.29 is 9.47 Å². The summed E-state index contributed by atoms with van der Waals surface area (Å²) in [5, 5.41) is 10.2. The first-order chi connectivity index (χ1) is 33.9. The van der Waals surface area contributed by atoms with E-state index >= 15 is 0 Å². The molecule has 9 fully saturated rings. The van der Waals surface area contributed by atoms with Gasteiger partial charge in [-0.1, -0.05) is 6.42 Å². The fraction of sp³-hybridized carbons (Fsp3) is 0.885. The van der Waals surface area contributed by atoms with Crippen LogP contribution in [0.3, 0.4) is 0 Å². The van der Waals surface area contributed by atoms with Gasteiger partial charge in [0.25, 0.3) is 0 Å². The van der Waals surface area contributed by atoms with Gasteiger partial charge in [-0.2, -0.15) is 0 Å². The summed E-state index contributed by atoms with van der Waals surface area (Å²) < 4.78 is 14.9. The Hall–Kier alpha value is -2.14. The third-order valence-electron chi connectivity index (χ3n) is 15.0. The second kappa shape index (κ2) is 33.6. The van der Waals surface area contributed by atoms with Gasteiger partial charge in [-0.05, 0) is 141 Å². The molecule has 18 heteroatoms. The molecule has 0 aromatic carbocycles. The van der Waals surface area contributed by atoms with Gasteiger partial charge < -0.3 is 68.9 Å². The molecular weight excluding hydrogens is 881 g/mol. The average molecular weight is 986 g/mol. The molecule has 0 spiro atoms. The number of aromatic nitrogens is 4. The summed E-state index contributed by atoms with van der Waals surface area (Å²) in [6, 6.07) is 2.85. The molecule has 404 valence electrons. The minimum Gasteiger partial charge on any atom is -0.379 e. The van der Waals surface area contributed by atoms with Crippen molar-refractivity contribution in [2.45, 2.75) is 95.3 Å². The van der Waals surface area contributed by atoms with Crippen molar-refractivity contribution in [3.8, 4) is 0 Å². The van der Waals surface area contributed by atoms with Crippen LogP contribution < -0.4 is 16.0 Å². The van der Waals surface area contributed by atoms with Crippen molar-refractivity contribution in [1.29, 1.82) is 0 Å². The molecule has 13 heterocycles. The largest absolute Gasteiger partial charge is 0.379 e. The van der Waals surface area contributed by atoms with E-state index < -0.39 is 0 Å². The molecule has 0 radical (unpaired) electrons. The lowest BCUT2D eigenvalue weighted by Crippen LogP contribution is -2.61. The Labute approximate surface area is 426 Å². The lowest BCUT2D eigenvalue weighted by atomic mass is 10.1. The summed E-state index contributed by atoms with van der Waals surface area (Å²) in [4.78, 5) is 29.4. The smallest absolute Gasteiger partial charge is 0.122 e. The Morgan fingerprint density at radius 3 is 1.51 bits per heavy atom. The second-order valence-corrected chi connectivity index (χ2v) is 21.8. The highest BCUT2D eigenvalue weighted by Crippen LogP contribution is 2.20. The number of likely N-dealkylation sites (tertiary alicyclic amines) is 4. The van der Waals surface area contributed by atoms with Crippen LogP contribution in [-0.4, -0.2) is 295 Å². The van der Waals surface area contributed by atoms with Gasteiger partial charge in [0.05, 0.1) is 45.0 Å². The maximum atomic E-state index is 5.40. The van der Waals surface area contributed by atoms with Crippen molar-refractivity contribution in [3.05, 3.63) is 36.4 Å². The number of imidazole rings is 2. The van der Waals surface area contributed by atoms with Gasteiger partial charge in [-0.3, -0.25) is 9.80 Å². The van der Waals surface area contributed by atoms with Crippen LogP contribution >= 0.6 is 0 Å². The molecule has 11 aliphatic heterocycles. The SMILES string of the molecule is CN1CC2CC1CN2.CN1CC2COCC(C1)N2.CN1CCC1.CN1CCCC1.CN1CCCCC1.CN1CCNCC1.CN1CCOCC1.CN1CCn2ccnc2C1.CN1CCn2cncc2C1. The zero-order valence-corrected chi connectivity index (χ0v) is 46.1. The molecule has 2 aromatic rings. The Morgan fingerprint density at radius 1 is 0.514 bits per heavy atom. The lowest BCUT2D eigenvalue weighted by Gasteiger charge is -2.40. The molecule has 11 aliphatic rings. The molecule has 2 aromatic heterocycles. The molecule has 9 saturated heterocycles. The average Bonchev–Trinajstić information content (AvgIpc) is 4.23. The van der Waals surface area contributed by atoms with E-state index in [1.807, 2.05) is 24.9 Å². The summed E-state index contributed by atoms with van der Waals surface area (Å²) >= 11 is 0. The van der Waals surface area contributed by atoms with E-state index in [2.05, 4.69) is 143 Å². The first-order valence-corrected chi connectivity index (χ1v) is 27.4. The highest BCUT2D eigenvalue weighted by molar-refractivity contribution is 5.00. The predicted octanol–water partition coefficient (Wildman–Crippen LogP) is 1.21. The topological polar surface area (TPSA) is 119 Å². The number of nitrogens with one attached hydrogen (secondary N) is 3. The molecular formula is C52H104N16O2. The first-order valence-electron chi connectivity index (χ1n) is 27.4. The molecule has 4 atom stereocenters. The minimum atomic E-state index is 0.581. The zero-order valence-electron chi connectivity index (χ0n) is 46.1. The van der Waals surface area contributed by atoms with E-state index in [9.17, 15) is 0 Å². The van der Waals surface area contributed by atoms with E-state index in [1.165, 1.54) is 122 Å². The van der Waals surface area contributed by atoms with Gasteiger partial charge >= 0.3 is 0 Å². The van der Waals surface area contributed by atoms with Crippen molar-refractivity contribution in [2.75, 3.05) is 208 Å². The molecule has 4 unspecified atom stereocenters. The molecule has 18 nitrogen and oxygen atoms in total. The number of fused-ring (bicyclic) bond motifs is 6. The standard InChI is InChI=1S/2C7H11N3.C7H14N2O.C6H12N2.C6H13N.C5H12N2.C5H11NO.C5H11N.C4H9N/c1-9-2-3-10-6-8-4-7(10)5-9;1-9-4-5-10-3-2-8-7(10)6-9;1-9-2-6-4-10-5-7(3-9)8-6;1-8-4-5-2-6(8)3-7-5;1-7-5-3-2-4-6-7;1-7-4-2-6-3-5-7;1-6-2-4-7-5-3-6;1-6-4-2-3-5-6;1-5-3-2-4-5/h4,6H,2-3,5H2,1H3;2-3H,4-6H2,1H3;6-8H,2-5H2,1H3;5-7H,2-4H2,1H3;2-6H2,1H3;6H,2-5H2,1H3;2-5H2,1H3;2-5H2,1H3;2-4H2,1H3. The fourth-order valence-corrected chi connectivity index (χ4v) is 10.0. The summed E-state index contributed by atoms with van der Waals surface area (Å²) in [5.74, 6) is 1.19. The monoisotopic (exact) mass is 985 g/mol. The van der Waals surface area contributed by atoms with Crippen LogP contribution in [0.5, 0.6) is 0 Å². The summed E-state index contributed by atoms with van der Waals surface area (Å²) in [6.07, 6.45) is 17.7. The summed E-state index contributed by atoms with van der Waals surface area (Å²) in [7, 11) is 19.4. The van der Waals surface area contributed by atoms with E-state index in [-0.39, 0.29) is 0 Å². The summed E-state index contributed by atoms with van der Waals surface area (Å²) in [6.45, 7) is 29.7. The molecule has 0 aliphatic carbocycles. The molecule has 0 saturated carbocycles. The molecule has 3 N–H and O–H groups in total. The number of piperazine rings is 3. The first kappa shape index (κ1) is 58.7. The van der Waals surface area contributed by atoms with E-state index in [1.54, 1.807) is 0 Å². The Balaban J connectivity index is 0.000000148. The van der Waals surface area contributed by atoms with Gasteiger partial charge in [-0.15, -0.1) is 0 Å². The van der Waals surface area contributed by atoms with Gasteiger partial charge in [0.1, 0.15) is 5.82 Å². The van der Waals surface area contributed by atoms with Gasteiger partial charge in [0, 0.05) is 141 Å². The van der Waals surface area contributed by atoms with E-state index in [0.717, 1.165) is 117 Å². The maximum absolute atomic E-state index is 5.40. The normalized spacial score (nSPS) is 28.2. The zero-order chi connectivity index (χ0) is 49.9. The number of nitrogens with zero attached hydrogens (tertiary/aromatic N) is 13. The van der Waals surface area contributed by atoms with Crippen LogP contribution in [0, 0.1) is 0 Å². The number of likely N-dealkylation sites (N-methyl/N-ethyl adjacent to an activating group) is 6. The van der Waals surface area contributed by atoms with Gasteiger partial charge in [0.15, 0.2) is 0 Å².